The molecule has 4 bridgehead atoms. The number of hydrogen-bond donors (Lipinski definition) is 2. The molecule has 0 spiro atoms. The molecular weight excluding hydrogens is 424 g/mol. The van der Waals surface area contributed by atoms with Gasteiger partial charge in [-0.15, -0.1) is 0 Å². The quantitative estimate of drug-likeness (QED) is 0.670. The van der Waals surface area contributed by atoms with E-state index in [0.717, 1.165) is 37.6 Å². The van der Waals surface area contributed by atoms with Crippen LogP contribution in [-0.4, -0.2) is 39.1 Å². The van der Waals surface area contributed by atoms with Crippen molar-refractivity contribution in [3.05, 3.63) is 28.7 Å². The number of nitrogens with one attached hydrogen (secondary N) is 2. The zero-order valence-electron chi connectivity index (χ0n) is 19.3. The van der Waals surface area contributed by atoms with Gasteiger partial charge in [-0.3, -0.25) is 23.5 Å². The number of hydrogen-bond acceptors (Lipinski definition) is 5. The number of fused-ring (bicyclic) bond motifs is 1. The van der Waals surface area contributed by atoms with Gasteiger partial charge in [0.25, 0.3) is 5.91 Å². The molecule has 2 atom stereocenters. The van der Waals surface area contributed by atoms with Gasteiger partial charge in [-0.1, -0.05) is 0 Å². The SMILES string of the molecule is CC(=O)NC12CC3CC(C1)CC(C(=O)OCC(=O)Nc1ccc4c(c1)n(C)c(=O)n4C)(C3)C2. The summed E-state index contributed by atoms with van der Waals surface area (Å²) < 4.78 is 8.58. The van der Waals surface area contributed by atoms with Crippen LogP contribution in [0.3, 0.4) is 0 Å². The number of amides is 2. The third-order valence-electron chi connectivity index (χ3n) is 7.83. The minimum absolute atomic E-state index is 0.0623. The molecule has 1 aromatic carbocycles. The normalized spacial score (nSPS) is 29.8. The van der Waals surface area contributed by atoms with Crippen molar-refractivity contribution in [1.82, 2.24) is 14.5 Å². The maximum absolute atomic E-state index is 13.2. The summed E-state index contributed by atoms with van der Waals surface area (Å²) in [4.78, 5) is 49.6. The largest absolute Gasteiger partial charge is 0.455 e. The van der Waals surface area contributed by atoms with Gasteiger partial charge in [0.1, 0.15) is 0 Å². The highest BCUT2D eigenvalue weighted by Gasteiger charge is 2.61. The standard InChI is InChI=1S/C24H30N4O5/c1-14(29)26-24-10-15-6-16(11-24)9-23(8-15,13-24)21(31)33-12-20(30)25-17-4-5-18-19(7-17)28(3)22(32)27(18)2/h4-5,7,15-16H,6,8-13H2,1-3H3,(H,25,30)(H,26,29). The number of rotatable bonds is 5. The summed E-state index contributed by atoms with van der Waals surface area (Å²) in [5.41, 5.74) is 0.918. The van der Waals surface area contributed by atoms with Crippen molar-refractivity contribution in [3.8, 4) is 0 Å². The van der Waals surface area contributed by atoms with Crippen LogP contribution < -0.4 is 16.3 Å². The van der Waals surface area contributed by atoms with E-state index in [-0.39, 0.29) is 29.7 Å². The number of imidazole rings is 1. The van der Waals surface area contributed by atoms with Crippen molar-refractivity contribution in [1.29, 1.82) is 0 Å². The lowest BCUT2D eigenvalue weighted by Crippen LogP contribution is -2.64. The number of anilines is 1. The van der Waals surface area contributed by atoms with Gasteiger partial charge in [0.15, 0.2) is 6.61 Å². The first-order chi connectivity index (χ1) is 15.6. The molecule has 4 aliphatic rings. The van der Waals surface area contributed by atoms with Gasteiger partial charge in [-0.05, 0) is 68.6 Å². The van der Waals surface area contributed by atoms with Crippen LogP contribution in [0.1, 0.15) is 45.4 Å². The fraction of sp³-hybridized carbons (Fsp3) is 0.583. The van der Waals surface area contributed by atoms with Gasteiger partial charge >= 0.3 is 11.7 Å². The number of aryl methyl sites for hydroxylation is 2. The minimum Gasteiger partial charge on any atom is -0.455 e. The van der Waals surface area contributed by atoms with E-state index in [1.54, 1.807) is 36.9 Å². The predicted octanol–water partition coefficient (Wildman–Crippen LogP) is 1.83. The Kier molecular flexibility index (Phi) is 4.91. The molecule has 2 unspecified atom stereocenters. The summed E-state index contributed by atoms with van der Waals surface area (Å²) in [5, 5.41) is 5.89. The van der Waals surface area contributed by atoms with Crippen molar-refractivity contribution in [3.63, 3.8) is 0 Å². The van der Waals surface area contributed by atoms with Crippen molar-refractivity contribution >= 4 is 34.5 Å². The molecule has 0 radical (unpaired) electrons. The summed E-state index contributed by atoms with van der Waals surface area (Å²) in [6, 6.07) is 5.22. The predicted molar refractivity (Wildman–Crippen MR) is 121 cm³/mol. The Bertz CT molecular complexity index is 1210. The van der Waals surface area contributed by atoms with E-state index in [1.807, 2.05) is 0 Å². The number of aromatic nitrogens is 2. The third-order valence-corrected chi connectivity index (χ3v) is 7.83. The second-order valence-electron chi connectivity index (χ2n) is 10.4. The fourth-order valence-corrected chi connectivity index (χ4v) is 7.09. The molecule has 4 aliphatic carbocycles. The van der Waals surface area contributed by atoms with Crippen LogP contribution in [0.4, 0.5) is 5.69 Å². The van der Waals surface area contributed by atoms with E-state index in [4.69, 9.17) is 4.74 Å². The van der Waals surface area contributed by atoms with E-state index in [2.05, 4.69) is 10.6 Å². The first-order valence-corrected chi connectivity index (χ1v) is 11.5. The fourth-order valence-electron chi connectivity index (χ4n) is 7.09. The summed E-state index contributed by atoms with van der Waals surface area (Å²) in [7, 11) is 3.38. The average Bonchev–Trinajstić information content (AvgIpc) is 2.94. The topological polar surface area (TPSA) is 111 Å². The second kappa shape index (κ2) is 7.46. The zero-order valence-corrected chi connectivity index (χ0v) is 19.3. The van der Waals surface area contributed by atoms with Crippen LogP contribution in [0.25, 0.3) is 11.0 Å². The monoisotopic (exact) mass is 454 g/mol. The number of carbonyl (C=O) groups excluding carboxylic acids is 3. The average molecular weight is 455 g/mol. The molecule has 176 valence electrons. The maximum Gasteiger partial charge on any atom is 0.328 e. The number of ether oxygens (including phenoxy) is 1. The van der Waals surface area contributed by atoms with E-state index >= 15 is 0 Å². The van der Waals surface area contributed by atoms with Crippen LogP contribution in [0, 0.1) is 17.3 Å². The first-order valence-electron chi connectivity index (χ1n) is 11.5. The van der Waals surface area contributed by atoms with Crippen molar-refractivity contribution in [2.75, 3.05) is 11.9 Å². The Morgan fingerprint density at radius 3 is 2.39 bits per heavy atom. The van der Waals surface area contributed by atoms with Gasteiger partial charge in [0.05, 0.1) is 16.4 Å². The first kappa shape index (κ1) is 21.7. The Hall–Kier alpha value is -3.10. The molecule has 4 fully saturated rings. The molecule has 1 aromatic heterocycles. The summed E-state index contributed by atoms with van der Waals surface area (Å²) in [6.07, 6.45) is 5.06. The third kappa shape index (κ3) is 3.63. The number of carbonyl (C=O) groups is 3. The smallest absolute Gasteiger partial charge is 0.328 e. The van der Waals surface area contributed by atoms with Crippen molar-refractivity contribution in [2.24, 2.45) is 31.3 Å². The highest BCUT2D eigenvalue weighted by atomic mass is 16.5. The van der Waals surface area contributed by atoms with Crippen LogP contribution in [-0.2, 0) is 33.2 Å². The Morgan fingerprint density at radius 1 is 1.06 bits per heavy atom. The summed E-state index contributed by atoms with van der Waals surface area (Å²) >= 11 is 0. The second-order valence-corrected chi connectivity index (χ2v) is 10.4. The number of esters is 1. The molecule has 4 saturated carbocycles. The van der Waals surface area contributed by atoms with Crippen molar-refractivity contribution < 1.29 is 19.1 Å². The summed E-state index contributed by atoms with van der Waals surface area (Å²) in [6.45, 7) is 1.16. The van der Waals surface area contributed by atoms with E-state index in [9.17, 15) is 19.2 Å². The molecule has 2 amide bonds. The summed E-state index contributed by atoms with van der Waals surface area (Å²) in [5.74, 6) is -0.00695. The highest BCUT2D eigenvalue weighted by Crippen LogP contribution is 2.62. The Labute approximate surface area is 191 Å². The number of benzene rings is 1. The molecule has 6 rings (SSSR count). The Balaban J connectivity index is 1.25. The molecule has 9 heteroatoms. The van der Waals surface area contributed by atoms with Crippen LogP contribution in [0.2, 0.25) is 0 Å². The van der Waals surface area contributed by atoms with Gasteiger partial charge in [0, 0.05) is 32.2 Å². The van der Waals surface area contributed by atoms with E-state index in [1.165, 1.54) is 11.5 Å². The van der Waals surface area contributed by atoms with E-state index < -0.39 is 11.3 Å². The molecule has 9 nitrogen and oxygen atoms in total. The number of nitrogens with zero attached hydrogens (tertiary/aromatic N) is 2. The maximum atomic E-state index is 13.2. The molecule has 33 heavy (non-hydrogen) atoms. The molecule has 1 heterocycles. The molecular formula is C24H30N4O5. The van der Waals surface area contributed by atoms with Crippen molar-refractivity contribution in [2.45, 2.75) is 51.0 Å². The van der Waals surface area contributed by atoms with Gasteiger partial charge < -0.3 is 15.4 Å². The molecule has 2 N–H and O–H groups in total. The van der Waals surface area contributed by atoms with Gasteiger partial charge in [-0.2, -0.15) is 0 Å². The molecule has 0 saturated heterocycles. The minimum atomic E-state index is -0.617. The highest BCUT2D eigenvalue weighted by molar-refractivity contribution is 5.95. The van der Waals surface area contributed by atoms with E-state index in [0.29, 0.717) is 29.5 Å². The van der Waals surface area contributed by atoms with Crippen LogP contribution in [0.5, 0.6) is 0 Å². The zero-order chi connectivity index (χ0) is 23.5. The lowest BCUT2D eigenvalue weighted by molar-refractivity contribution is -0.176. The molecule has 2 aromatic rings. The lowest BCUT2D eigenvalue weighted by Gasteiger charge is -2.60. The van der Waals surface area contributed by atoms with Crippen LogP contribution >= 0.6 is 0 Å². The van der Waals surface area contributed by atoms with Crippen LogP contribution in [0.15, 0.2) is 23.0 Å². The Morgan fingerprint density at radius 2 is 1.73 bits per heavy atom. The van der Waals surface area contributed by atoms with Gasteiger partial charge in [-0.25, -0.2) is 4.79 Å². The molecule has 0 aliphatic heterocycles. The lowest BCUT2D eigenvalue weighted by atomic mass is 9.47. The van der Waals surface area contributed by atoms with Gasteiger partial charge in [0.2, 0.25) is 5.91 Å².